The van der Waals surface area contributed by atoms with Gasteiger partial charge in [0.25, 0.3) is 0 Å². The van der Waals surface area contributed by atoms with Crippen LogP contribution in [0.2, 0.25) is 0 Å². The van der Waals surface area contributed by atoms with Gasteiger partial charge in [-0.15, -0.1) is 0 Å². The molecule has 0 radical (unpaired) electrons. The van der Waals surface area contributed by atoms with Gasteiger partial charge in [-0.05, 0) is 36.8 Å². The summed E-state index contributed by atoms with van der Waals surface area (Å²) in [5, 5.41) is 15.9. The van der Waals surface area contributed by atoms with E-state index in [1.807, 2.05) is 43.1 Å². The SMILES string of the molecule is Cc1cc(S(C)(=O)=O)c(Cn2cc3ccc(C#N)c(OCc4nccn4C)c3n2)c2cc[nH]c12. The van der Waals surface area contributed by atoms with E-state index in [0.717, 1.165) is 21.9 Å². The summed E-state index contributed by atoms with van der Waals surface area (Å²) in [5.74, 6) is 1.09. The van der Waals surface area contributed by atoms with Crippen LogP contribution in [0.5, 0.6) is 5.75 Å². The summed E-state index contributed by atoms with van der Waals surface area (Å²) in [6.07, 6.45) is 8.35. The van der Waals surface area contributed by atoms with Gasteiger partial charge in [0.15, 0.2) is 15.6 Å². The number of sulfone groups is 1. The van der Waals surface area contributed by atoms with Gasteiger partial charge in [0.1, 0.15) is 24.0 Å². The summed E-state index contributed by atoms with van der Waals surface area (Å²) in [6.45, 7) is 2.31. The smallest absolute Gasteiger partial charge is 0.175 e. The Morgan fingerprint density at radius 3 is 2.79 bits per heavy atom. The molecule has 0 saturated carbocycles. The van der Waals surface area contributed by atoms with Gasteiger partial charge < -0.3 is 14.3 Å². The highest BCUT2D eigenvalue weighted by Crippen LogP contribution is 2.32. The van der Waals surface area contributed by atoms with Crippen molar-refractivity contribution in [3.05, 3.63) is 71.6 Å². The number of fused-ring (bicyclic) bond motifs is 2. The zero-order valence-electron chi connectivity index (χ0n) is 18.9. The van der Waals surface area contributed by atoms with Crippen molar-refractivity contribution in [2.24, 2.45) is 7.05 Å². The third-order valence-corrected chi connectivity index (χ3v) is 7.06. The van der Waals surface area contributed by atoms with Gasteiger partial charge >= 0.3 is 0 Å². The van der Waals surface area contributed by atoms with Crippen molar-refractivity contribution < 1.29 is 13.2 Å². The van der Waals surface area contributed by atoms with Gasteiger partial charge in [0.2, 0.25) is 0 Å². The molecule has 5 aromatic rings. The number of nitrogens with one attached hydrogen (secondary N) is 1. The number of aryl methyl sites for hydroxylation is 2. The van der Waals surface area contributed by atoms with Crippen LogP contribution in [0.3, 0.4) is 0 Å². The van der Waals surface area contributed by atoms with Crippen molar-refractivity contribution >= 4 is 31.6 Å². The first-order valence-corrected chi connectivity index (χ1v) is 12.4. The largest absolute Gasteiger partial charge is 0.482 e. The predicted octanol–water partition coefficient (Wildman–Crippen LogP) is 3.46. The Kier molecular flexibility index (Phi) is 5.14. The van der Waals surface area contributed by atoms with Gasteiger partial charge in [-0.2, -0.15) is 10.4 Å². The van der Waals surface area contributed by atoms with Crippen LogP contribution in [0.15, 0.2) is 53.9 Å². The molecule has 2 aromatic carbocycles. The van der Waals surface area contributed by atoms with Crippen LogP contribution in [0.25, 0.3) is 21.8 Å². The Balaban J connectivity index is 1.60. The van der Waals surface area contributed by atoms with Crippen molar-refractivity contribution in [1.29, 1.82) is 5.26 Å². The normalized spacial score (nSPS) is 11.8. The fourth-order valence-corrected chi connectivity index (χ4v) is 5.20. The Hall–Kier alpha value is -4.10. The molecule has 0 aliphatic rings. The Morgan fingerprint density at radius 1 is 1.26 bits per heavy atom. The molecule has 10 heteroatoms. The average molecular weight is 475 g/mol. The van der Waals surface area contributed by atoms with E-state index in [0.29, 0.717) is 28.2 Å². The number of hydrogen-bond donors (Lipinski definition) is 1. The quantitative estimate of drug-likeness (QED) is 0.403. The number of aromatic nitrogens is 5. The van der Waals surface area contributed by atoms with E-state index >= 15 is 0 Å². The first-order valence-electron chi connectivity index (χ1n) is 10.5. The minimum absolute atomic E-state index is 0.185. The van der Waals surface area contributed by atoms with Gasteiger partial charge in [-0.25, -0.2) is 13.4 Å². The minimum atomic E-state index is -3.46. The van der Waals surface area contributed by atoms with Crippen LogP contribution < -0.4 is 4.74 Å². The number of nitriles is 1. The zero-order chi connectivity index (χ0) is 24.0. The molecule has 9 nitrogen and oxygen atoms in total. The molecule has 3 aromatic heterocycles. The lowest BCUT2D eigenvalue weighted by Gasteiger charge is -2.12. The molecule has 172 valence electrons. The molecule has 5 rings (SSSR count). The molecular formula is C24H22N6O3S. The summed E-state index contributed by atoms with van der Waals surface area (Å²) in [6, 6.07) is 9.24. The summed E-state index contributed by atoms with van der Waals surface area (Å²) >= 11 is 0. The van der Waals surface area contributed by atoms with Gasteiger partial charge in [0.05, 0.1) is 17.0 Å². The molecule has 0 bridgehead atoms. The number of benzene rings is 2. The maximum absolute atomic E-state index is 12.6. The van der Waals surface area contributed by atoms with Crippen molar-refractivity contribution in [3.8, 4) is 11.8 Å². The molecule has 3 heterocycles. The molecule has 1 N–H and O–H groups in total. The molecule has 0 fully saturated rings. The second-order valence-corrected chi connectivity index (χ2v) is 10.3. The van der Waals surface area contributed by atoms with Gasteiger partial charge in [-0.1, -0.05) is 0 Å². The van der Waals surface area contributed by atoms with Crippen LogP contribution in [-0.2, 0) is 30.0 Å². The van der Waals surface area contributed by atoms with Crippen LogP contribution in [0.1, 0.15) is 22.5 Å². The van der Waals surface area contributed by atoms with Crippen LogP contribution >= 0.6 is 0 Å². The number of imidazole rings is 1. The molecule has 0 aliphatic heterocycles. The summed E-state index contributed by atoms with van der Waals surface area (Å²) in [7, 11) is -1.59. The highest BCUT2D eigenvalue weighted by molar-refractivity contribution is 7.90. The summed E-state index contributed by atoms with van der Waals surface area (Å²) in [5.41, 5.74) is 3.32. The summed E-state index contributed by atoms with van der Waals surface area (Å²) in [4.78, 5) is 7.73. The van der Waals surface area contributed by atoms with E-state index < -0.39 is 9.84 Å². The first kappa shape index (κ1) is 21.7. The highest BCUT2D eigenvalue weighted by atomic mass is 32.2. The molecule has 0 spiro atoms. The van der Waals surface area contributed by atoms with Crippen molar-refractivity contribution in [1.82, 2.24) is 24.3 Å². The van der Waals surface area contributed by atoms with E-state index in [1.54, 1.807) is 29.2 Å². The standard InChI is InChI=1S/C24H22N6O3S/c1-15-10-20(34(3,31)32)19(18-6-7-27-22(15)18)13-30-12-17-5-4-16(11-25)24(23(17)28-30)33-14-21-26-8-9-29(21)2/h4-10,12,27H,13-14H2,1-3H3. The van der Waals surface area contributed by atoms with Gasteiger partial charge in [0, 0.05) is 59.9 Å². The Labute approximate surface area is 196 Å². The number of aromatic amines is 1. The average Bonchev–Trinajstić information content (AvgIpc) is 3.52. The molecule has 0 aliphatic carbocycles. The number of nitrogens with zero attached hydrogens (tertiary/aromatic N) is 5. The van der Waals surface area contributed by atoms with E-state index in [1.165, 1.54) is 6.26 Å². The van der Waals surface area contributed by atoms with E-state index in [2.05, 4.69) is 21.1 Å². The van der Waals surface area contributed by atoms with E-state index in [9.17, 15) is 13.7 Å². The number of hydrogen-bond acceptors (Lipinski definition) is 6. The first-order chi connectivity index (χ1) is 16.3. The highest BCUT2D eigenvalue weighted by Gasteiger charge is 2.20. The Morgan fingerprint density at radius 2 is 2.09 bits per heavy atom. The van der Waals surface area contributed by atoms with E-state index in [4.69, 9.17) is 4.74 Å². The molecular weight excluding hydrogens is 452 g/mol. The third-order valence-electron chi connectivity index (χ3n) is 5.90. The number of ether oxygens (including phenoxy) is 1. The second-order valence-electron chi connectivity index (χ2n) is 8.27. The molecule has 0 unspecified atom stereocenters. The topological polar surface area (TPSA) is 119 Å². The van der Waals surface area contributed by atoms with Gasteiger partial charge in [-0.3, -0.25) is 4.68 Å². The second kappa shape index (κ2) is 8.04. The Bertz CT molecular complexity index is 1700. The maximum atomic E-state index is 12.6. The zero-order valence-corrected chi connectivity index (χ0v) is 19.7. The van der Waals surface area contributed by atoms with Crippen LogP contribution in [0.4, 0.5) is 0 Å². The fourth-order valence-electron chi connectivity index (χ4n) is 4.19. The fraction of sp³-hybridized carbons (Fsp3) is 0.208. The van der Waals surface area contributed by atoms with Crippen molar-refractivity contribution in [3.63, 3.8) is 0 Å². The summed E-state index contributed by atoms with van der Waals surface area (Å²) < 4.78 is 34.7. The lowest BCUT2D eigenvalue weighted by Crippen LogP contribution is -2.09. The maximum Gasteiger partial charge on any atom is 0.175 e. The van der Waals surface area contributed by atoms with Crippen molar-refractivity contribution in [2.75, 3.05) is 6.26 Å². The molecule has 0 atom stereocenters. The number of rotatable bonds is 6. The van der Waals surface area contributed by atoms with E-state index in [-0.39, 0.29) is 18.0 Å². The lowest BCUT2D eigenvalue weighted by molar-refractivity contribution is 0.294. The predicted molar refractivity (Wildman–Crippen MR) is 127 cm³/mol. The van der Waals surface area contributed by atoms with Crippen LogP contribution in [-0.4, -0.2) is 39.0 Å². The monoisotopic (exact) mass is 474 g/mol. The molecule has 0 amide bonds. The van der Waals surface area contributed by atoms with Crippen LogP contribution in [0, 0.1) is 18.3 Å². The number of H-pyrrole nitrogens is 1. The molecule has 34 heavy (non-hydrogen) atoms. The minimum Gasteiger partial charge on any atom is -0.482 e. The lowest BCUT2D eigenvalue weighted by atomic mass is 10.1. The molecule has 0 saturated heterocycles. The third kappa shape index (κ3) is 3.70. The van der Waals surface area contributed by atoms with Crippen molar-refractivity contribution in [2.45, 2.75) is 25.0 Å².